The molecule has 0 spiro atoms. The van der Waals surface area contributed by atoms with E-state index in [2.05, 4.69) is 20.9 Å². The summed E-state index contributed by atoms with van der Waals surface area (Å²) < 4.78 is 104. The zero-order valence-corrected chi connectivity index (χ0v) is 30.4. The number of carbonyl (C=O) groups excluding carboxylic acids is 1. The number of rotatable bonds is 10. The molecule has 0 aliphatic carbocycles. The molecule has 19 heteroatoms. The number of methoxy groups -OCH3 is 1. The zero-order valence-electron chi connectivity index (χ0n) is 28.0. The molecular formula is C35H28N4O12S3. The molecule has 6 aromatic carbocycles. The Kier molecular flexibility index (Phi) is 10.0. The molecule has 0 unspecified atom stereocenters. The lowest BCUT2D eigenvalue weighted by Crippen LogP contribution is -2.19. The monoisotopic (exact) mass is 792 g/mol. The molecule has 6 rings (SSSR count). The first-order valence-electron chi connectivity index (χ1n) is 15.4. The molecule has 0 fully saturated rings. The summed E-state index contributed by atoms with van der Waals surface area (Å²) in [4.78, 5) is 11.7. The van der Waals surface area contributed by atoms with Crippen LogP contribution in [0.25, 0.3) is 21.5 Å². The number of azo groups is 1. The minimum Gasteiger partial charge on any atom is -0.507 e. The van der Waals surface area contributed by atoms with Crippen LogP contribution in [-0.4, -0.2) is 52.6 Å². The predicted molar refractivity (Wildman–Crippen MR) is 198 cm³/mol. The molecule has 0 aliphatic heterocycles. The number of phenols is 1. The first kappa shape index (κ1) is 37.6. The number of aryl methyl sites for hydroxylation is 1. The Morgan fingerprint density at radius 3 is 2.02 bits per heavy atom. The summed E-state index contributed by atoms with van der Waals surface area (Å²) in [5, 5.41) is 24.8. The van der Waals surface area contributed by atoms with E-state index < -0.39 is 51.9 Å². The van der Waals surface area contributed by atoms with E-state index in [0.717, 1.165) is 24.3 Å². The second-order valence-corrected chi connectivity index (χ2v) is 16.0. The highest BCUT2D eigenvalue weighted by Gasteiger charge is 2.23. The number of hydrogen-bond donors (Lipinski definition) is 5. The summed E-state index contributed by atoms with van der Waals surface area (Å²) >= 11 is 0. The molecule has 0 bridgehead atoms. The smallest absolute Gasteiger partial charge is 0.339 e. The van der Waals surface area contributed by atoms with E-state index in [-0.39, 0.29) is 60.7 Å². The van der Waals surface area contributed by atoms with Gasteiger partial charge in [-0.1, -0.05) is 30.3 Å². The molecule has 2 amide bonds. The van der Waals surface area contributed by atoms with Gasteiger partial charge in [-0.25, -0.2) is 4.79 Å². The molecule has 0 heterocycles. The summed E-state index contributed by atoms with van der Waals surface area (Å²) in [5.74, 6) is -0.648. The van der Waals surface area contributed by atoms with Crippen molar-refractivity contribution in [3.63, 3.8) is 0 Å². The number of hydrogen-bond acceptors (Lipinski definition) is 12. The van der Waals surface area contributed by atoms with Crippen molar-refractivity contribution in [1.29, 1.82) is 0 Å². The van der Waals surface area contributed by atoms with Crippen LogP contribution in [0.3, 0.4) is 0 Å². The van der Waals surface area contributed by atoms with E-state index >= 15 is 0 Å². The molecule has 0 aliphatic rings. The van der Waals surface area contributed by atoms with Gasteiger partial charge in [0.15, 0.2) is 5.75 Å². The first-order valence-corrected chi connectivity index (χ1v) is 19.7. The van der Waals surface area contributed by atoms with E-state index in [1.165, 1.54) is 73.8 Å². The Hall–Kier alpha value is -6.12. The van der Waals surface area contributed by atoms with Crippen molar-refractivity contribution in [3.8, 4) is 17.2 Å². The molecule has 5 N–H and O–H groups in total. The van der Waals surface area contributed by atoms with Gasteiger partial charge in [-0.05, 0) is 77.9 Å². The molecule has 0 radical (unpaired) electrons. The maximum atomic E-state index is 13.2. The summed E-state index contributed by atoms with van der Waals surface area (Å²) in [5.41, 5.74) is 1.31. The average molecular weight is 793 g/mol. The number of urea groups is 1. The standard InChI is InChI=1S/C35H28N4O12S3/c1-20-13-30(37-35(41)36-23-11-12-27-22(14-23)16-25(17-31(27)40)52(42,43)44)32(50-2)19-29(20)39-38-28-10-6-7-21-15-26(53(45,46)47)18-33(34(21)28)51-54(48,49)24-8-4-3-5-9-24/h3-19,40H,1-2H3,(H2,36,37,41)(H,42,43,44)(H,45,46,47). The number of aromatic hydroxyl groups is 1. The molecule has 16 nitrogen and oxygen atoms in total. The fourth-order valence-corrected chi connectivity index (χ4v) is 7.41. The topological polar surface area (TPSA) is 247 Å². The molecule has 0 saturated heterocycles. The van der Waals surface area contributed by atoms with Crippen LogP contribution in [-0.2, 0) is 30.4 Å². The maximum Gasteiger partial charge on any atom is 0.339 e. The Balaban J connectivity index is 1.30. The second kappa shape index (κ2) is 14.4. The van der Waals surface area contributed by atoms with E-state index in [0.29, 0.717) is 5.56 Å². The predicted octanol–water partition coefficient (Wildman–Crippen LogP) is 7.34. The van der Waals surface area contributed by atoms with Crippen molar-refractivity contribution in [2.45, 2.75) is 21.6 Å². The molecule has 0 atom stereocenters. The quantitative estimate of drug-likeness (QED) is 0.0519. The third-order valence-corrected chi connectivity index (χ3v) is 10.8. The molecule has 54 heavy (non-hydrogen) atoms. The van der Waals surface area contributed by atoms with Crippen LogP contribution in [0.2, 0.25) is 0 Å². The van der Waals surface area contributed by atoms with Gasteiger partial charge in [-0.15, -0.1) is 5.11 Å². The minimum absolute atomic E-state index is 0.0749. The number of nitrogens with zero attached hydrogens (tertiary/aromatic N) is 2. The van der Waals surface area contributed by atoms with Crippen LogP contribution in [0, 0.1) is 6.92 Å². The highest BCUT2D eigenvalue weighted by Crippen LogP contribution is 2.40. The summed E-state index contributed by atoms with van der Waals surface area (Å²) in [6.07, 6.45) is 0. The zero-order chi connectivity index (χ0) is 39.0. The van der Waals surface area contributed by atoms with Crippen molar-refractivity contribution < 1.29 is 53.2 Å². The van der Waals surface area contributed by atoms with Crippen molar-refractivity contribution in [3.05, 3.63) is 109 Å². The number of carbonyl (C=O) groups is 1. The third kappa shape index (κ3) is 8.09. The number of benzene rings is 6. The highest BCUT2D eigenvalue weighted by molar-refractivity contribution is 7.87. The highest BCUT2D eigenvalue weighted by atomic mass is 32.2. The number of phenolic OH excluding ortho intramolecular Hbond substituents is 1. The SMILES string of the molecule is COc1cc(N=Nc2cccc3cc(S(=O)(=O)O)cc(OS(=O)(=O)c4ccccc4)c23)c(C)cc1NC(=O)Nc1ccc2c(O)cc(S(=O)(=O)O)cc2c1. The van der Waals surface area contributed by atoms with Crippen LogP contribution in [0.1, 0.15) is 5.56 Å². The third-order valence-electron chi connectivity index (χ3n) is 7.91. The minimum atomic E-state index is -4.78. The van der Waals surface area contributed by atoms with E-state index in [9.17, 15) is 44.3 Å². The van der Waals surface area contributed by atoms with Crippen LogP contribution in [0.4, 0.5) is 27.5 Å². The number of anilines is 2. The Morgan fingerprint density at radius 1 is 0.667 bits per heavy atom. The van der Waals surface area contributed by atoms with Crippen molar-refractivity contribution in [1.82, 2.24) is 0 Å². The number of amides is 2. The molecule has 0 saturated carbocycles. The van der Waals surface area contributed by atoms with E-state index in [1.54, 1.807) is 19.1 Å². The molecular weight excluding hydrogens is 765 g/mol. The van der Waals surface area contributed by atoms with Crippen molar-refractivity contribution in [2.75, 3.05) is 17.7 Å². The lowest BCUT2D eigenvalue weighted by molar-refractivity contribution is 0.262. The van der Waals surface area contributed by atoms with Crippen LogP contribution >= 0.6 is 0 Å². The second-order valence-electron chi connectivity index (χ2n) is 11.6. The summed E-state index contributed by atoms with van der Waals surface area (Å²) in [7, 11) is -12.5. The van der Waals surface area contributed by atoms with Gasteiger partial charge in [0.1, 0.15) is 16.4 Å². The van der Waals surface area contributed by atoms with Crippen molar-refractivity contribution >= 4 is 80.7 Å². The van der Waals surface area contributed by atoms with Gasteiger partial charge in [0.05, 0.1) is 39.3 Å². The van der Waals surface area contributed by atoms with E-state index in [4.69, 9.17) is 8.92 Å². The Bertz CT molecular complexity index is 2850. The molecule has 6 aromatic rings. The first-order chi connectivity index (χ1) is 25.4. The van der Waals surface area contributed by atoms with Gasteiger partial charge in [-0.2, -0.15) is 30.4 Å². The van der Waals surface area contributed by atoms with Gasteiger partial charge in [0.2, 0.25) is 0 Å². The van der Waals surface area contributed by atoms with Gasteiger partial charge in [-0.3, -0.25) is 9.11 Å². The summed E-state index contributed by atoms with van der Waals surface area (Å²) in [6, 6.07) is 22.3. The van der Waals surface area contributed by atoms with Crippen molar-refractivity contribution in [2.24, 2.45) is 10.2 Å². The summed E-state index contributed by atoms with van der Waals surface area (Å²) in [6.45, 7) is 1.67. The van der Waals surface area contributed by atoms with Gasteiger partial charge >= 0.3 is 16.1 Å². The average Bonchev–Trinajstić information content (AvgIpc) is 3.10. The number of ether oxygens (including phenoxy) is 1. The van der Waals surface area contributed by atoms with Crippen LogP contribution in [0.15, 0.2) is 128 Å². The Labute approximate surface area is 308 Å². The molecule has 0 aromatic heterocycles. The fraction of sp³-hybridized carbons (Fsp3) is 0.0571. The lowest BCUT2D eigenvalue weighted by Gasteiger charge is -2.14. The largest absolute Gasteiger partial charge is 0.507 e. The van der Waals surface area contributed by atoms with E-state index in [1.807, 2.05) is 0 Å². The van der Waals surface area contributed by atoms with Gasteiger partial charge in [0, 0.05) is 29.3 Å². The fourth-order valence-electron chi connectivity index (χ4n) is 5.39. The number of fused-ring (bicyclic) bond motifs is 2. The maximum absolute atomic E-state index is 13.2. The molecule has 278 valence electrons. The van der Waals surface area contributed by atoms with Crippen LogP contribution in [0.5, 0.6) is 17.2 Å². The Morgan fingerprint density at radius 2 is 1.33 bits per heavy atom. The normalized spacial score (nSPS) is 12.2. The van der Waals surface area contributed by atoms with Gasteiger partial charge < -0.3 is 24.7 Å². The van der Waals surface area contributed by atoms with Gasteiger partial charge in [0.25, 0.3) is 20.2 Å². The number of nitrogens with one attached hydrogen (secondary N) is 2. The lowest BCUT2D eigenvalue weighted by atomic mass is 10.1. The van der Waals surface area contributed by atoms with Crippen LogP contribution < -0.4 is 19.6 Å².